The van der Waals surface area contributed by atoms with Crippen molar-refractivity contribution in [2.45, 2.75) is 32.7 Å². The van der Waals surface area contributed by atoms with Crippen LogP contribution in [-0.4, -0.2) is 42.0 Å². The zero-order valence-electron chi connectivity index (χ0n) is 14.2. The topological polar surface area (TPSA) is 71.7 Å². The van der Waals surface area contributed by atoms with Crippen molar-refractivity contribution in [2.75, 3.05) is 12.8 Å². The molecule has 0 radical (unpaired) electrons. The molecule has 2 heterocycles. The standard InChI is InChI=1S/C16H21N3O3S2/c1-10-8-11(2)14-13(9-10)18(3)16(23-14)17-15(20)12-6-5-7-19(12)24(4,21)22/h8-9,12H,5-7H2,1-4H3. The fourth-order valence-electron chi connectivity index (χ4n) is 3.23. The number of amides is 1. The van der Waals surface area contributed by atoms with Crippen molar-refractivity contribution in [3.05, 3.63) is 28.1 Å². The molecule has 0 N–H and O–H groups in total. The van der Waals surface area contributed by atoms with Gasteiger partial charge in [0, 0.05) is 13.6 Å². The van der Waals surface area contributed by atoms with Crippen LogP contribution in [-0.2, 0) is 21.9 Å². The first kappa shape index (κ1) is 17.3. The Morgan fingerprint density at radius 3 is 2.71 bits per heavy atom. The van der Waals surface area contributed by atoms with Gasteiger partial charge in [-0.25, -0.2) is 8.42 Å². The Kier molecular flexibility index (Phi) is 4.39. The Morgan fingerprint density at radius 2 is 2.04 bits per heavy atom. The second kappa shape index (κ2) is 6.09. The van der Waals surface area contributed by atoms with E-state index in [-0.39, 0.29) is 5.91 Å². The maximum absolute atomic E-state index is 12.6. The van der Waals surface area contributed by atoms with Crippen LogP contribution in [0.5, 0.6) is 0 Å². The number of rotatable bonds is 2. The monoisotopic (exact) mass is 367 g/mol. The van der Waals surface area contributed by atoms with Crippen LogP contribution in [0.2, 0.25) is 0 Å². The fourth-order valence-corrected chi connectivity index (χ4v) is 5.42. The van der Waals surface area contributed by atoms with Gasteiger partial charge in [-0.15, -0.1) is 0 Å². The number of carbonyl (C=O) groups excluding carboxylic acids is 1. The first-order valence-corrected chi connectivity index (χ1v) is 10.5. The molecule has 3 rings (SSSR count). The summed E-state index contributed by atoms with van der Waals surface area (Å²) in [6, 6.07) is 3.50. The van der Waals surface area contributed by atoms with Crippen LogP contribution in [0.1, 0.15) is 24.0 Å². The number of aromatic nitrogens is 1. The number of nitrogens with zero attached hydrogens (tertiary/aromatic N) is 3. The molecule has 0 bridgehead atoms. The van der Waals surface area contributed by atoms with Crippen LogP contribution in [0.25, 0.3) is 10.2 Å². The highest BCUT2D eigenvalue weighted by Crippen LogP contribution is 2.24. The molecule has 0 saturated carbocycles. The molecule has 1 unspecified atom stereocenters. The van der Waals surface area contributed by atoms with Gasteiger partial charge in [-0.2, -0.15) is 9.30 Å². The lowest BCUT2D eigenvalue weighted by atomic mass is 10.1. The molecule has 1 atom stereocenters. The number of hydrogen-bond acceptors (Lipinski definition) is 4. The molecular weight excluding hydrogens is 346 g/mol. The molecule has 1 aliphatic rings. The number of benzene rings is 1. The Hall–Kier alpha value is -1.51. The van der Waals surface area contributed by atoms with Crippen molar-refractivity contribution in [1.29, 1.82) is 0 Å². The molecule has 0 aliphatic carbocycles. The van der Waals surface area contributed by atoms with Crippen molar-refractivity contribution < 1.29 is 13.2 Å². The Morgan fingerprint density at radius 1 is 1.33 bits per heavy atom. The van der Waals surface area contributed by atoms with Crippen molar-refractivity contribution >= 4 is 37.5 Å². The Balaban J connectivity index is 2.06. The summed E-state index contributed by atoms with van der Waals surface area (Å²) in [6.45, 7) is 4.47. The van der Waals surface area contributed by atoms with Gasteiger partial charge in [-0.05, 0) is 43.9 Å². The van der Waals surface area contributed by atoms with E-state index in [1.807, 2.05) is 25.5 Å². The van der Waals surface area contributed by atoms with Gasteiger partial charge < -0.3 is 4.57 Å². The highest BCUT2D eigenvalue weighted by Gasteiger charge is 2.36. The second-order valence-electron chi connectivity index (χ2n) is 6.36. The maximum Gasteiger partial charge on any atom is 0.266 e. The molecule has 1 saturated heterocycles. The highest BCUT2D eigenvalue weighted by atomic mass is 32.2. The van der Waals surface area contributed by atoms with E-state index in [4.69, 9.17) is 0 Å². The van der Waals surface area contributed by atoms with E-state index >= 15 is 0 Å². The largest absolute Gasteiger partial charge is 0.319 e. The number of thiazole rings is 1. The van der Waals surface area contributed by atoms with Gasteiger partial charge in [0.15, 0.2) is 4.80 Å². The van der Waals surface area contributed by atoms with Crippen LogP contribution in [0, 0.1) is 13.8 Å². The normalized spacial score (nSPS) is 20.2. The summed E-state index contributed by atoms with van der Waals surface area (Å²) in [5, 5.41) is 0. The summed E-state index contributed by atoms with van der Waals surface area (Å²) in [6.07, 6.45) is 2.36. The van der Waals surface area contributed by atoms with E-state index in [2.05, 4.69) is 17.1 Å². The number of sulfonamides is 1. The van der Waals surface area contributed by atoms with E-state index in [1.165, 1.54) is 15.6 Å². The van der Waals surface area contributed by atoms with Gasteiger partial charge in [-0.1, -0.05) is 17.4 Å². The molecule has 8 heteroatoms. The molecule has 1 fully saturated rings. The highest BCUT2D eigenvalue weighted by molar-refractivity contribution is 7.88. The summed E-state index contributed by atoms with van der Waals surface area (Å²) in [7, 11) is -1.51. The molecule has 1 aliphatic heterocycles. The van der Waals surface area contributed by atoms with Gasteiger partial charge in [-0.3, -0.25) is 4.79 Å². The SMILES string of the molecule is Cc1cc(C)c2sc(=NC(=O)C3CCCN3S(C)(=O)=O)n(C)c2c1. The second-order valence-corrected chi connectivity index (χ2v) is 9.27. The lowest BCUT2D eigenvalue weighted by Gasteiger charge is -2.18. The molecule has 6 nitrogen and oxygen atoms in total. The molecule has 2 aromatic rings. The lowest BCUT2D eigenvalue weighted by molar-refractivity contribution is -0.121. The minimum atomic E-state index is -3.39. The average molecular weight is 367 g/mol. The maximum atomic E-state index is 12.6. The van der Waals surface area contributed by atoms with Crippen LogP contribution < -0.4 is 4.80 Å². The van der Waals surface area contributed by atoms with Gasteiger partial charge in [0.05, 0.1) is 16.5 Å². The number of fused-ring (bicyclic) bond motifs is 1. The fraction of sp³-hybridized carbons (Fsp3) is 0.500. The summed E-state index contributed by atoms with van der Waals surface area (Å²) in [5.41, 5.74) is 3.35. The smallest absolute Gasteiger partial charge is 0.266 e. The third-order valence-electron chi connectivity index (χ3n) is 4.36. The summed E-state index contributed by atoms with van der Waals surface area (Å²) in [5.74, 6) is -0.380. The van der Waals surface area contributed by atoms with Crippen molar-refractivity contribution in [1.82, 2.24) is 8.87 Å². The first-order chi connectivity index (χ1) is 11.2. The molecule has 1 aromatic heterocycles. The summed E-state index contributed by atoms with van der Waals surface area (Å²) < 4.78 is 27.9. The first-order valence-electron chi connectivity index (χ1n) is 7.80. The van der Waals surface area contributed by atoms with Gasteiger partial charge in [0.2, 0.25) is 10.0 Å². The van der Waals surface area contributed by atoms with Crippen molar-refractivity contribution in [3.8, 4) is 0 Å². The zero-order chi connectivity index (χ0) is 17.6. The number of carbonyl (C=O) groups is 1. The van der Waals surface area contributed by atoms with Crippen LogP contribution in [0.4, 0.5) is 0 Å². The lowest BCUT2D eigenvalue weighted by Crippen LogP contribution is -2.39. The third-order valence-corrected chi connectivity index (χ3v) is 6.93. The molecular formula is C16H21N3O3S2. The molecule has 24 heavy (non-hydrogen) atoms. The van der Waals surface area contributed by atoms with E-state index in [0.717, 1.165) is 27.6 Å². The molecule has 1 aromatic carbocycles. The minimum Gasteiger partial charge on any atom is -0.319 e. The number of aryl methyl sites for hydroxylation is 3. The Labute approximate surface area is 145 Å². The van der Waals surface area contributed by atoms with Gasteiger partial charge >= 0.3 is 0 Å². The third kappa shape index (κ3) is 3.05. The predicted molar refractivity (Wildman–Crippen MR) is 95.4 cm³/mol. The van der Waals surface area contributed by atoms with E-state index in [1.54, 1.807) is 0 Å². The van der Waals surface area contributed by atoms with E-state index < -0.39 is 16.1 Å². The minimum absolute atomic E-state index is 0.380. The van der Waals surface area contributed by atoms with Crippen LogP contribution >= 0.6 is 11.3 Å². The number of hydrogen-bond donors (Lipinski definition) is 0. The molecule has 1 amide bonds. The van der Waals surface area contributed by atoms with E-state index in [9.17, 15) is 13.2 Å². The summed E-state index contributed by atoms with van der Waals surface area (Å²) in [4.78, 5) is 17.4. The van der Waals surface area contributed by atoms with Crippen LogP contribution in [0.3, 0.4) is 0 Å². The zero-order valence-corrected chi connectivity index (χ0v) is 15.9. The predicted octanol–water partition coefficient (Wildman–Crippen LogP) is 1.71. The van der Waals surface area contributed by atoms with Crippen LogP contribution in [0.15, 0.2) is 17.1 Å². The quantitative estimate of drug-likeness (QED) is 0.811. The Bertz CT molecular complexity index is 986. The van der Waals surface area contributed by atoms with E-state index in [0.29, 0.717) is 24.2 Å². The van der Waals surface area contributed by atoms with Crippen molar-refractivity contribution in [2.24, 2.45) is 12.0 Å². The van der Waals surface area contributed by atoms with Crippen molar-refractivity contribution in [3.63, 3.8) is 0 Å². The molecule has 0 spiro atoms. The average Bonchev–Trinajstić information content (AvgIpc) is 3.06. The van der Waals surface area contributed by atoms with Gasteiger partial charge in [0.25, 0.3) is 5.91 Å². The molecule has 130 valence electrons. The van der Waals surface area contributed by atoms with Gasteiger partial charge in [0.1, 0.15) is 6.04 Å². The summed E-state index contributed by atoms with van der Waals surface area (Å²) >= 11 is 1.46.